The van der Waals surface area contributed by atoms with Crippen LogP contribution in [0.2, 0.25) is 0 Å². The van der Waals surface area contributed by atoms with E-state index in [-0.39, 0.29) is 6.42 Å². The summed E-state index contributed by atoms with van der Waals surface area (Å²) in [4.78, 5) is 4.16. The average Bonchev–Trinajstić information content (AvgIpc) is 2.76. The Hall–Kier alpha value is -1.82. The van der Waals surface area contributed by atoms with Crippen molar-refractivity contribution in [3.8, 4) is 0 Å². The van der Waals surface area contributed by atoms with Gasteiger partial charge < -0.3 is 10.2 Å². The van der Waals surface area contributed by atoms with Gasteiger partial charge in [0.25, 0.3) is 0 Å². The number of alkyl halides is 3. The molecule has 19 heavy (non-hydrogen) atoms. The quantitative estimate of drug-likeness (QED) is 0.929. The predicted octanol–water partition coefficient (Wildman–Crippen LogP) is 2.79. The molecule has 0 unspecified atom stereocenters. The first-order valence-electron chi connectivity index (χ1n) is 5.78. The second-order valence-electron chi connectivity index (χ2n) is 4.15. The summed E-state index contributed by atoms with van der Waals surface area (Å²) in [6.07, 6.45) is -2.03. The molecule has 0 spiro atoms. The number of rotatable bonds is 4. The van der Waals surface area contributed by atoms with Gasteiger partial charge in [0.05, 0.1) is 11.3 Å². The van der Waals surface area contributed by atoms with E-state index < -0.39 is 11.7 Å². The van der Waals surface area contributed by atoms with Crippen LogP contribution in [0.1, 0.15) is 22.7 Å². The molecule has 2 N–H and O–H groups in total. The minimum atomic E-state index is -4.34. The van der Waals surface area contributed by atoms with E-state index in [0.717, 1.165) is 12.1 Å². The first kappa shape index (κ1) is 13.6. The topological polar surface area (TPSA) is 52.0 Å². The summed E-state index contributed by atoms with van der Waals surface area (Å²) in [5, 5.41) is 0. The first-order valence-corrected chi connectivity index (χ1v) is 5.78. The lowest BCUT2D eigenvalue weighted by Gasteiger charge is -2.07. The molecule has 2 aromatic rings. The zero-order valence-electron chi connectivity index (χ0n) is 10.1. The lowest BCUT2D eigenvalue weighted by atomic mass is 10.1. The molecule has 2 rings (SSSR count). The van der Waals surface area contributed by atoms with Gasteiger partial charge in [0.15, 0.2) is 5.89 Å². The molecule has 1 heterocycles. The Morgan fingerprint density at radius 1 is 1.26 bits per heavy atom. The number of aromatic nitrogens is 1. The van der Waals surface area contributed by atoms with E-state index in [4.69, 9.17) is 10.2 Å². The molecule has 0 bridgehead atoms. The lowest BCUT2D eigenvalue weighted by molar-refractivity contribution is -0.137. The summed E-state index contributed by atoms with van der Waals surface area (Å²) in [6, 6.07) is 5.13. The zero-order chi connectivity index (χ0) is 13.9. The maximum absolute atomic E-state index is 12.6. The van der Waals surface area contributed by atoms with Crippen LogP contribution in [-0.4, -0.2) is 11.5 Å². The third kappa shape index (κ3) is 3.57. The Kier molecular flexibility index (Phi) is 3.90. The number of hydrogen-bond donors (Lipinski definition) is 1. The van der Waals surface area contributed by atoms with Crippen LogP contribution in [0.15, 0.2) is 34.9 Å². The Morgan fingerprint density at radius 2 is 2.05 bits per heavy atom. The zero-order valence-corrected chi connectivity index (χ0v) is 10.1. The molecule has 0 fully saturated rings. The SMILES string of the molecule is NCCc1coc(Cc2cccc(C(F)(F)F)c2)n1. The summed E-state index contributed by atoms with van der Waals surface area (Å²) in [5.41, 5.74) is 5.94. The van der Waals surface area contributed by atoms with Crippen molar-refractivity contribution in [2.45, 2.75) is 19.0 Å². The molecule has 0 amide bonds. The summed E-state index contributed by atoms with van der Waals surface area (Å²) < 4.78 is 42.9. The highest BCUT2D eigenvalue weighted by atomic mass is 19.4. The molecule has 0 aliphatic rings. The molecule has 0 saturated carbocycles. The Balaban J connectivity index is 2.14. The van der Waals surface area contributed by atoms with Gasteiger partial charge in [0.2, 0.25) is 0 Å². The molecule has 1 aromatic heterocycles. The Morgan fingerprint density at radius 3 is 2.74 bits per heavy atom. The summed E-state index contributed by atoms with van der Waals surface area (Å²) in [5.74, 6) is 0.391. The van der Waals surface area contributed by atoms with Crippen molar-refractivity contribution in [1.82, 2.24) is 4.98 Å². The maximum Gasteiger partial charge on any atom is 0.416 e. The highest BCUT2D eigenvalue weighted by molar-refractivity contribution is 5.27. The van der Waals surface area contributed by atoms with Crippen molar-refractivity contribution in [1.29, 1.82) is 0 Å². The number of halogens is 3. The van der Waals surface area contributed by atoms with Gasteiger partial charge >= 0.3 is 6.18 Å². The molecule has 0 atom stereocenters. The van der Waals surface area contributed by atoms with Gasteiger partial charge in [-0.25, -0.2) is 4.98 Å². The molecule has 0 aliphatic heterocycles. The fourth-order valence-electron chi connectivity index (χ4n) is 1.73. The van der Waals surface area contributed by atoms with Crippen LogP contribution in [0.4, 0.5) is 13.2 Å². The molecule has 6 heteroatoms. The van der Waals surface area contributed by atoms with Crippen LogP contribution >= 0.6 is 0 Å². The third-order valence-corrected chi connectivity index (χ3v) is 2.61. The van der Waals surface area contributed by atoms with Crippen LogP contribution in [0.25, 0.3) is 0 Å². The highest BCUT2D eigenvalue weighted by Gasteiger charge is 2.30. The van der Waals surface area contributed by atoms with E-state index in [9.17, 15) is 13.2 Å². The van der Waals surface area contributed by atoms with Crippen LogP contribution in [0.5, 0.6) is 0 Å². The minimum Gasteiger partial charge on any atom is -0.448 e. The maximum atomic E-state index is 12.6. The Labute approximate surface area is 108 Å². The van der Waals surface area contributed by atoms with Crippen molar-refractivity contribution >= 4 is 0 Å². The molecular formula is C13H13F3N2O. The van der Waals surface area contributed by atoms with Gasteiger partial charge in [0.1, 0.15) is 6.26 Å². The van der Waals surface area contributed by atoms with Gasteiger partial charge in [-0.15, -0.1) is 0 Å². The van der Waals surface area contributed by atoms with Crippen LogP contribution in [0, 0.1) is 0 Å². The first-order chi connectivity index (χ1) is 8.99. The third-order valence-electron chi connectivity index (χ3n) is 2.61. The molecule has 0 aliphatic carbocycles. The van der Waals surface area contributed by atoms with E-state index in [1.165, 1.54) is 12.3 Å². The fraction of sp³-hybridized carbons (Fsp3) is 0.308. The fourth-order valence-corrected chi connectivity index (χ4v) is 1.73. The number of nitrogens with two attached hydrogens (primary N) is 1. The van der Waals surface area contributed by atoms with Gasteiger partial charge in [-0.05, 0) is 18.2 Å². The van der Waals surface area contributed by atoms with Crippen molar-refractivity contribution < 1.29 is 17.6 Å². The van der Waals surface area contributed by atoms with E-state index in [2.05, 4.69) is 4.98 Å². The largest absolute Gasteiger partial charge is 0.448 e. The lowest BCUT2D eigenvalue weighted by Crippen LogP contribution is -2.05. The average molecular weight is 270 g/mol. The molecule has 1 aromatic carbocycles. The predicted molar refractivity (Wildman–Crippen MR) is 63.5 cm³/mol. The summed E-state index contributed by atoms with van der Waals surface area (Å²) >= 11 is 0. The highest BCUT2D eigenvalue weighted by Crippen LogP contribution is 2.29. The summed E-state index contributed by atoms with van der Waals surface area (Å²) in [7, 11) is 0. The molecule has 3 nitrogen and oxygen atoms in total. The van der Waals surface area contributed by atoms with E-state index in [1.807, 2.05) is 0 Å². The van der Waals surface area contributed by atoms with Gasteiger partial charge in [-0.2, -0.15) is 13.2 Å². The van der Waals surface area contributed by atoms with Gasteiger partial charge in [0, 0.05) is 12.8 Å². The minimum absolute atomic E-state index is 0.231. The van der Waals surface area contributed by atoms with Crippen molar-refractivity contribution in [3.63, 3.8) is 0 Å². The van der Waals surface area contributed by atoms with E-state index in [0.29, 0.717) is 30.1 Å². The van der Waals surface area contributed by atoms with Crippen molar-refractivity contribution in [3.05, 3.63) is 53.2 Å². The van der Waals surface area contributed by atoms with Crippen LogP contribution < -0.4 is 5.73 Å². The van der Waals surface area contributed by atoms with Crippen molar-refractivity contribution in [2.24, 2.45) is 5.73 Å². The standard InChI is InChI=1S/C13H13F3N2O/c14-13(15,16)10-3-1-2-9(6-10)7-12-18-11(4-5-17)8-19-12/h1-3,6,8H,4-5,7,17H2. The summed E-state index contributed by atoms with van der Waals surface area (Å²) in [6.45, 7) is 0.454. The van der Waals surface area contributed by atoms with Crippen LogP contribution in [-0.2, 0) is 19.0 Å². The normalized spacial score (nSPS) is 11.8. The van der Waals surface area contributed by atoms with E-state index in [1.54, 1.807) is 6.07 Å². The monoisotopic (exact) mass is 270 g/mol. The van der Waals surface area contributed by atoms with E-state index >= 15 is 0 Å². The molecule has 0 radical (unpaired) electrons. The number of benzene rings is 1. The number of oxazole rings is 1. The smallest absolute Gasteiger partial charge is 0.416 e. The number of nitrogens with zero attached hydrogens (tertiary/aromatic N) is 1. The second-order valence-corrected chi connectivity index (χ2v) is 4.15. The molecule has 102 valence electrons. The van der Waals surface area contributed by atoms with Gasteiger partial charge in [-0.3, -0.25) is 0 Å². The van der Waals surface area contributed by atoms with Gasteiger partial charge in [-0.1, -0.05) is 18.2 Å². The molecular weight excluding hydrogens is 257 g/mol. The van der Waals surface area contributed by atoms with Crippen LogP contribution in [0.3, 0.4) is 0 Å². The Bertz CT molecular complexity index is 549. The second kappa shape index (κ2) is 5.44. The molecule has 0 saturated heterocycles. The number of hydrogen-bond acceptors (Lipinski definition) is 3. The van der Waals surface area contributed by atoms with Crippen molar-refractivity contribution in [2.75, 3.05) is 6.54 Å².